The number of alkyl halides is 3. The predicted molar refractivity (Wildman–Crippen MR) is 71.6 cm³/mol. The number of fused-ring (bicyclic) bond motifs is 1. The maximum atomic E-state index is 12.3. The number of anilines is 3. The van der Waals surface area contributed by atoms with Gasteiger partial charge in [-0.1, -0.05) is 0 Å². The predicted octanol–water partition coefficient (Wildman–Crippen LogP) is 2.91. The van der Waals surface area contributed by atoms with Gasteiger partial charge < -0.3 is 16.4 Å². The van der Waals surface area contributed by atoms with Crippen LogP contribution in [-0.4, -0.2) is 18.1 Å². The van der Waals surface area contributed by atoms with Crippen LogP contribution in [0.1, 0.15) is 25.3 Å². The van der Waals surface area contributed by atoms with Crippen molar-refractivity contribution in [2.24, 2.45) is 0 Å². The van der Waals surface area contributed by atoms with E-state index in [1.54, 1.807) is 12.1 Å². The van der Waals surface area contributed by atoms with Crippen LogP contribution >= 0.6 is 0 Å². The minimum Gasteiger partial charge on any atom is -0.397 e. The zero-order valence-corrected chi connectivity index (χ0v) is 11.0. The minimum absolute atomic E-state index is 0.100. The lowest BCUT2D eigenvalue weighted by atomic mass is 10.0. The van der Waals surface area contributed by atoms with Crippen molar-refractivity contribution in [2.75, 3.05) is 16.4 Å². The highest BCUT2D eigenvalue weighted by Crippen LogP contribution is 2.32. The number of hydrogen-bond acceptors (Lipinski definition) is 3. The summed E-state index contributed by atoms with van der Waals surface area (Å²) in [5, 5.41) is 5.43. The fourth-order valence-electron chi connectivity index (χ4n) is 2.24. The largest absolute Gasteiger partial charge is 0.397 e. The van der Waals surface area contributed by atoms with Crippen LogP contribution in [0.5, 0.6) is 0 Å². The molecule has 0 fully saturated rings. The number of nitrogens with two attached hydrogens (primary N) is 1. The lowest BCUT2D eigenvalue weighted by Gasteiger charge is -2.22. The van der Waals surface area contributed by atoms with E-state index in [2.05, 4.69) is 10.6 Å². The first-order chi connectivity index (χ1) is 9.24. The maximum absolute atomic E-state index is 12.3. The Morgan fingerprint density at radius 1 is 1.40 bits per heavy atom. The molecule has 20 heavy (non-hydrogen) atoms. The van der Waals surface area contributed by atoms with Gasteiger partial charge in [-0.25, -0.2) is 0 Å². The Labute approximate surface area is 114 Å². The highest BCUT2D eigenvalue weighted by Gasteiger charge is 2.30. The molecular formula is C13H16F3N3O. The highest BCUT2D eigenvalue weighted by atomic mass is 19.4. The maximum Gasteiger partial charge on any atom is 0.391 e. The smallest absolute Gasteiger partial charge is 0.391 e. The van der Waals surface area contributed by atoms with E-state index in [0.29, 0.717) is 29.9 Å². The zero-order chi connectivity index (χ0) is 14.9. The lowest BCUT2D eigenvalue weighted by Crippen LogP contribution is -2.25. The molecule has 0 aliphatic carbocycles. The fraction of sp³-hybridized carbons (Fsp3) is 0.462. The monoisotopic (exact) mass is 287 g/mol. The summed E-state index contributed by atoms with van der Waals surface area (Å²) in [4.78, 5) is 11.3. The first-order valence-corrected chi connectivity index (χ1v) is 6.30. The van der Waals surface area contributed by atoms with E-state index in [0.717, 1.165) is 5.56 Å². The number of nitrogens with one attached hydrogen (secondary N) is 2. The molecule has 1 atom stereocenters. The Bertz CT molecular complexity index is 528. The van der Waals surface area contributed by atoms with Crippen LogP contribution in [0.2, 0.25) is 0 Å². The van der Waals surface area contributed by atoms with Gasteiger partial charge in [0.2, 0.25) is 5.91 Å². The summed E-state index contributed by atoms with van der Waals surface area (Å²) in [6.45, 7) is 1.44. The van der Waals surface area contributed by atoms with E-state index in [9.17, 15) is 18.0 Å². The number of carbonyl (C=O) groups excluding carboxylic acids is 1. The first-order valence-electron chi connectivity index (χ1n) is 6.30. The third-order valence-corrected chi connectivity index (χ3v) is 3.11. The number of amides is 1. The van der Waals surface area contributed by atoms with Gasteiger partial charge in [0.1, 0.15) is 0 Å². The van der Waals surface area contributed by atoms with Crippen LogP contribution in [0.25, 0.3) is 0 Å². The Morgan fingerprint density at radius 3 is 2.75 bits per heavy atom. The van der Waals surface area contributed by atoms with Gasteiger partial charge in [-0.05, 0) is 31.0 Å². The molecule has 0 spiro atoms. The van der Waals surface area contributed by atoms with Gasteiger partial charge in [0.25, 0.3) is 0 Å². The zero-order valence-electron chi connectivity index (χ0n) is 11.0. The van der Waals surface area contributed by atoms with Gasteiger partial charge in [0.05, 0.1) is 17.8 Å². The standard InChI is InChI=1S/C13H16F3N3O/c1-7(6-13(14,15)16)18-11-5-10-8(4-9(11)17)2-3-12(20)19-10/h4-5,7,18H,2-3,6,17H2,1H3,(H,19,20). The van der Waals surface area contributed by atoms with E-state index in [-0.39, 0.29) is 5.91 Å². The quantitative estimate of drug-likeness (QED) is 0.749. The minimum atomic E-state index is -4.23. The van der Waals surface area contributed by atoms with Gasteiger partial charge >= 0.3 is 6.18 Å². The molecule has 0 saturated carbocycles. The molecule has 4 nitrogen and oxygen atoms in total. The van der Waals surface area contributed by atoms with Gasteiger partial charge in [-0.15, -0.1) is 0 Å². The summed E-state index contributed by atoms with van der Waals surface area (Å²) in [5.41, 5.74) is 8.13. The van der Waals surface area contributed by atoms with E-state index in [1.807, 2.05) is 0 Å². The SMILES string of the molecule is CC(CC(F)(F)F)Nc1cc2c(cc1N)CCC(=O)N2. The summed E-state index contributed by atoms with van der Waals surface area (Å²) in [7, 11) is 0. The van der Waals surface area contributed by atoms with Crippen LogP contribution in [0.15, 0.2) is 12.1 Å². The molecule has 1 aliphatic heterocycles. The van der Waals surface area contributed by atoms with Crippen molar-refractivity contribution in [3.05, 3.63) is 17.7 Å². The van der Waals surface area contributed by atoms with Crippen LogP contribution in [0.3, 0.4) is 0 Å². The van der Waals surface area contributed by atoms with Gasteiger partial charge in [-0.3, -0.25) is 4.79 Å². The summed E-state index contributed by atoms with van der Waals surface area (Å²) in [6, 6.07) is 2.49. The van der Waals surface area contributed by atoms with Gasteiger partial charge in [-0.2, -0.15) is 13.2 Å². The van der Waals surface area contributed by atoms with Crippen LogP contribution < -0.4 is 16.4 Å². The summed E-state index contributed by atoms with van der Waals surface area (Å²) in [5.74, 6) is -0.100. The molecular weight excluding hydrogens is 271 g/mol. The van der Waals surface area contributed by atoms with E-state index >= 15 is 0 Å². The fourth-order valence-corrected chi connectivity index (χ4v) is 2.24. The van der Waals surface area contributed by atoms with Crippen LogP contribution in [0.4, 0.5) is 30.2 Å². The topological polar surface area (TPSA) is 67.1 Å². The molecule has 1 unspecified atom stereocenters. The third kappa shape index (κ3) is 3.55. The number of nitrogen functional groups attached to an aromatic ring is 1. The second-order valence-electron chi connectivity index (χ2n) is 5.01. The van der Waals surface area contributed by atoms with E-state index in [4.69, 9.17) is 5.73 Å². The van der Waals surface area contributed by atoms with Gasteiger partial charge in [0.15, 0.2) is 0 Å². The summed E-state index contributed by atoms with van der Waals surface area (Å²) >= 11 is 0. The number of carbonyl (C=O) groups is 1. The van der Waals surface area contributed by atoms with E-state index in [1.165, 1.54) is 6.92 Å². The highest BCUT2D eigenvalue weighted by molar-refractivity contribution is 5.95. The molecule has 4 N–H and O–H groups in total. The molecule has 1 aromatic rings. The second-order valence-corrected chi connectivity index (χ2v) is 5.01. The van der Waals surface area contributed by atoms with Gasteiger partial charge in [0, 0.05) is 18.2 Å². The summed E-state index contributed by atoms with van der Waals surface area (Å²) in [6.07, 6.45) is -4.20. The van der Waals surface area contributed by atoms with Crippen molar-refractivity contribution in [1.82, 2.24) is 0 Å². The van der Waals surface area contributed by atoms with Crippen LogP contribution in [0, 0.1) is 0 Å². The number of halogens is 3. The number of aryl methyl sites for hydroxylation is 1. The van der Waals surface area contributed by atoms with Crippen molar-refractivity contribution in [2.45, 2.75) is 38.4 Å². The Kier molecular flexibility index (Phi) is 3.78. The van der Waals surface area contributed by atoms with Crippen molar-refractivity contribution in [1.29, 1.82) is 0 Å². The van der Waals surface area contributed by atoms with Crippen molar-refractivity contribution >= 4 is 23.0 Å². The molecule has 0 bridgehead atoms. The number of benzene rings is 1. The molecule has 2 rings (SSSR count). The molecule has 0 radical (unpaired) electrons. The van der Waals surface area contributed by atoms with E-state index < -0.39 is 18.6 Å². The normalized spacial score (nSPS) is 16.3. The molecule has 7 heteroatoms. The van der Waals surface area contributed by atoms with Crippen LogP contribution in [-0.2, 0) is 11.2 Å². The second kappa shape index (κ2) is 5.22. The average molecular weight is 287 g/mol. The molecule has 1 aromatic carbocycles. The Hall–Kier alpha value is -1.92. The average Bonchev–Trinajstić information content (AvgIpc) is 2.28. The molecule has 110 valence electrons. The molecule has 1 heterocycles. The molecule has 1 amide bonds. The first kappa shape index (κ1) is 14.5. The molecule has 0 saturated heterocycles. The third-order valence-electron chi connectivity index (χ3n) is 3.11. The Balaban J connectivity index is 2.16. The molecule has 0 aromatic heterocycles. The number of rotatable bonds is 3. The lowest BCUT2D eigenvalue weighted by molar-refractivity contribution is -0.136. The Morgan fingerprint density at radius 2 is 2.10 bits per heavy atom. The van der Waals surface area contributed by atoms with Crippen molar-refractivity contribution in [3.63, 3.8) is 0 Å². The number of hydrogen-bond donors (Lipinski definition) is 3. The van der Waals surface area contributed by atoms with Crippen molar-refractivity contribution in [3.8, 4) is 0 Å². The molecule has 1 aliphatic rings. The summed E-state index contributed by atoms with van der Waals surface area (Å²) < 4.78 is 36.9. The van der Waals surface area contributed by atoms with Crippen molar-refractivity contribution < 1.29 is 18.0 Å².